The van der Waals surface area contributed by atoms with Crippen LogP contribution >= 0.6 is 0 Å². The molecule has 1 heteroatoms. The van der Waals surface area contributed by atoms with Gasteiger partial charge in [-0.05, 0) is 60.9 Å². The van der Waals surface area contributed by atoms with E-state index in [4.69, 9.17) is 0 Å². The van der Waals surface area contributed by atoms with Crippen LogP contribution in [0.5, 0.6) is 0 Å². The molecule has 0 N–H and O–H groups in total. The van der Waals surface area contributed by atoms with Crippen LogP contribution in [-0.4, -0.2) is 17.0 Å². The van der Waals surface area contributed by atoms with Crippen LogP contribution in [0, 0.1) is 13.8 Å². The van der Waals surface area contributed by atoms with Crippen LogP contribution in [0.25, 0.3) is 5.57 Å². The van der Waals surface area contributed by atoms with Crippen LogP contribution in [0.15, 0.2) is 54.6 Å². The Morgan fingerprint density at radius 3 is 2.35 bits per heavy atom. The van der Waals surface area contributed by atoms with E-state index in [0.717, 1.165) is 6.54 Å². The molecule has 2 unspecified atom stereocenters. The molecule has 2 aliphatic heterocycles. The van der Waals surface area contributed by atoms with Gasteiger partial charge < -0.3 is 0 Å². The Hall–Kier alpha value is -1.86. The molecule has 118 valence electrons. The van der Waals surface area contributed by atoms with Gasteiger partial charge in [0.25, 0.3) is 0 Å². The SMILES string of the molecule is Cc1cccc(C)c1C1=CC2CCC(C1)N2Cc1ccccc1. The third kappa shape index (κ3) is 2.74. The summed E-state index contributed by atoms with van der Waals surface area (Å²) in [7, 11) is 0. The van der Waals surface area contributed by atoms with E-state index in [-0.39, 0.29) is 0 Å². The van der Waals surface area contributed by atoms with Gasteiger partial charge in [-0.3, -0.25) is 4.90 Å². The van der Waals surface area contributed by atoms with Crippen LogP contribution in [0.4, 0.5) is 0 Å². The molecule has 2 aliphatic rings. The molecule has 2 bridgehead atoms. The molecule has 1 saturated heterocycles. The topological polar surface area (TPSA) is 3.24 Å². The molecule has 1 fully saturated rings. The first-order valence-electron chi connectivity index (χ1n) is 8.79. The predicted molar refractivity (Wildman–Crippen MR) is 97.3 cm³/mol. The lowest BCUT2D eigenvalue weighted by Gasteiger charge is -2.34. The minimum absolute atomic E-state index is 0.614. The van der Waals surface area contributed by atoms with Gasteiger partial charge in [0.2, 0.25) is 0 Å². The van der Waals surface area contributed by atoms with Gasteiger partial charge in [0, 0.05) is 18.6 Å². The Bertz CT molecular complexity index is 709. The van der Waals surface area contributed by atoms with Crippen molar-refractivity contribution in [1.29, 1.82) is 0 Å². The van der Waals surface area contributed by atoms with Gasteiger partial charge in [-0.25, -0.2) is 0 Å². The number of nitrogens with zero attached hydrogens (tertiary/aromatic N) is 1. The molecule has 2 atom stereocenters. The minimum atomic E-state index is 0.614. The van der Waals surface area contributed by atoms with Crippen molar-refractivity contribution in [3.63, 3.8) is 0 Å². The number of fused-ring (bicyclic) bond motifs is 2. The summed E-state index contributed by atoms with van der Waals surface area (Å²) >= 11 is 0. The van der Waals surface area contributed by atoms with E-state index < -0.39 is 0 Å². The zero-order chi connectivity index (χ0) is 15.8. The maximum absolute atomic E-state index is 2.71. The minimum Gasteiger partial charge on any atom is -0.289 e. The average molecular weight is 303 g/mol. The third-order valence-electron chi connectivity index (χ3n) is 5.55. The van der Waals surface area contributed by atoms with E-state index in [1.165, 1.54) is 41.5 Å². The highest BCUT2D eigenvalue weighted by atomic mass is 15.2. The van der Waals surface area contributed by atoms with Gasteiger partial charge in [0.15, 0.2) is 0 Å². The van der Waals surface area contributed by atoms with Crippen molar-refractivity contribution in [1.82, 2.24) is 4.90 Å². The number of hydrogen-bond acceptors (Lipinski definition) is 1. The standard InChI is InChI=1S/C22H25N/c1-16-7-6-8-17(2)22(16)19-13-20-11-12-21(14-19)23(20)15-18-9-4-3-5-10-18/h3-10,13,20-21H,11-12,14-15H2,1-2H3. The van der Waals surface area contributed by atoms with Gasteiger partial charge in [0.05, 0.1) is 0 Å². The lowest BCUT2D eigenvalue weighted by molar-refractivity contribution is 0.203. The van der Waals surface area contributed by atoms with E-state index in [9.17, 15) is 0 Å². The molecule has 0 aromatic heterocycles. The van der Waals surface area contributed by atoms with Gasteiger partial charge in [0.1, 0.15) is 0 Å². The Balaban J connectivity index is 1.62. The molecule has 0 saturated carbocycles. The number of benzene rings is 2. The smallest absolute Gasteiger partial charge is 0.0291 e. The second kappa shape index (κ2) is 5.98. The number of hydrogen-bond donors (Lipinski definition) is 0. The first-order valence-corrected chi connectivity index (χ1v) is 8.79. The van der Waals surface area contributed by atoms with Gasteiger partial charge in [-0.1, -0.05) is 54.6 Å². The van der Waals surface area contributed by atoms with E-state index in [0.29, 0.717) is 12.1 Å². The fourth-order valence-electron chi connectivity index (χ4n) is 4.47. The van der Waals surface area contributed by atoms with Gasteiger partial charge in [-0.15, -0.1) is 0 Å². The van der Waals surface area contributed by atoms with E-state index in [1.807, 2.05) is 0 Å². The van der Waals surface area contributed by atoms with Gasteiger partial charge >= 0.3 is 0 Å². The van der Waals surface area contributed by atoms with Crippen molar-refractivity contribution in [3.8, 4) is 0 Å². The highest BCUT2D eigenvalue weighted by Gasteiger charge is 2.36. The number of rotatable bonds is 3. The largest absolute Gasteiger partial charge is 0.289 e. The van der Waals surface area contributed by atoms with Crippen molar-refractivity contribution in [2.24, 2.45) is 0 Å². The van der Waals surface area contributed by atoms with Gasteiger partial charge in [-0.2, -0.15) is 0 Å². The lowest BCUT2D eigenvalue weighted by atomic mass is 9.89. The van der Waals surface area contributed by atoms with Crippen LogP contribution in [0.3, 0.4) is 0 Å². The maximum atomic E-state index is 2.71. The molecule has 0 aliphatic carbocycles. The fraction of sp³-hybridized carbons (Fsp3) is 0.364. The Morgan fingerprint density at radius 2 is 1.65 bits per heavy atom. The van der Waals surface area contributed by atoms with Crippen LogP contribution in [0.1, 0.15) is 41.5 Å². The van der Waals surface area contributed by atoms with E-state index >= 15 is 0 Å². The van der Waals surface area contributed by atoms with Crippen LogP contribution in [-0.2, 0) is 6.54 Å². The monoisotopic (exact) mass is 303 g/mol. The first-order chi connectivity index (χ1) is 11.2. The molecule has 0 spiro atoms. The Morgan fingerprint density at radius 1 is 0.913 bits per heavy atom. The zero-order valence-electron chi connectivity index (χ0n) is 14.1. The summed E-state index contributed by atoms with van der Waals surface area (Å²) < 4.78 is 0. The van der Waals surface area contributed by atoms with Crippen LogP contribution < -0.4 is 0 Å². The van der Waals surface area contributed by atoms with Crippen LogP contribution in [0.2, 0.25) is 0 Å². The summed E-state index contributed by atoms with van der Waals surface area (Å²) in [5, 5.41) is 0. The molecule has 2 aromatic carbocycles. The summed E-state index contributed by atoms with van der Waals surface area (Å²) in [5.41, 5.74) is 7.37. The summed E-state index contributed by atoms with van der Waals surface area (Å²) in [6, 6.07) is 18.9. The molecule has 23 heavy (non-hydrogen) atoms. The summed E-state index contributed by atoms with van der Waals surface area (Å²) in [6.45, 7) is 5.59. The quantitative estimate of drug-likeness (QED) is 0.760. The Labute approximate surface area is 139 Å². The van der Waals surface area contributed by atoms with Crippen molar-refractivity contribution >= 4 is 5.57 Å². The summed E-state index contributed by atoms with van der Waals surface area (Å²) in [5.74, 6) is 0. The van der Waals surface area contributed by atoms with Crippen molar-refractivity contribution in [2.75, 3.05) is 0 Å². The zero-order valence-corrected chi connectivity index (χ0v) is 14.1. The third-order valence-corrected chi connectivity index (χ3v) is 5.55. The maximum Gasteiger partial charge on any atom is 0.0291 e. The van der Waals surface area contributed by atoms with Crippen molar-refractivity contribution in [2.45, 2.75) is 51.7 Å². The molecule has 0 radical (unpaired) electrons. The predicted octanol–water partition coefficient (Wildman–Crippen LogP) is 5.12. The average Bonchev–Trinajstić information content (AvgIpc) is 2.78. The number of aryl methyl sites for hydroxylation is 2. The molecule has 1 nitrogen and oxygen atoms in total. The molecule has 0 amide bonds. The van der Waals surface area contributed by atoms with E-state index in [2.05, 4.69) is 73.4 Å². The molecular formula is C22H25N. The Kier molecular flexibility index (Phi) is 3.82. The second-order valence-corrected chi connectivity index (χ2v) is 7.12. The summed E-state index contributed by atoms with van der Waals surface area (Å²) in [6.07, 6.45) is 6.41. The lowest BCUT2D eigenvalue weighted by Crippen LogP contribution is -2.37. The molecule has 2 heterocycles. The fourth-order valence-corrected chi connectivity index (χ4v) is 4.47. The van der Waals surface area contributed by atoms with Crippen molar-refractivity contribution in [3.05, 3.63) is 76.9 Å². The van der Waals surface area contributed by atoms with Crippen molar-refractivity contribution < 1.29 is 0 Å². The highest BCUT2D eigenvalue weighted by molar-refractivity contribution is 5.72. The van der Waals surface area contributed by atoms with E-state index in [1.54, 1.807) is 5.57 Å². The summed E-state index contributed by atoms with van der Waals surface area (Å²) in [4.78, 5) is 2.71. The highest BCUT2D eigenvalue weighted by Crippen LogP contribution is 2.40. The first kappa shape index (κ1) is 14.7. The normalized spacial score (nSPS) is 23.8. The molecule has 4 rings (SSSR count). The molecule has 2 aromatic rings. The molecular weight excluding hydrogens is 278 g/mol. The second-order valence-electron chi connectivity index (χ2n) is 7.12.